The third-order valence-electron chi connectivity index (χ3n) is 3.82. The minimum atomic E-state index is -0.271. The smallest absolute Gasteiger partial charge is 0.409 e. The van der Waals surface area contributed by atoms with Gasteiger partial charge in [0.15, 0.2) is 5.96 Å². The van der Waals surface area contributed by atoms with Crippen LogP contribution in [0, 0.1) is 0 Å². The number of aliphatic imine (C=N–C) groups is 2. The predicted octanol–water partition coefficient (Wildman–Crippen LogP) is 1.59. The largest absolute Gasteiger partial charge is 0.450 e. The highest BCUT2D eigenvalue weighted by atomic mass is 35.5. The second-order valence-corrected chi connectivity index (χ2v) is 6.21. The number of anilines is 1. The molecule has 1 saturated heterocycles. The number of ether oxygens (including phenoxy) is 1. The first-order valence-electron chi connectivity index (χ1n) is 8.30. The van der Waals surface area contributed by atoms with Crippen molar-refractivity contribution in [1.82, 2.24) is 4.90 Å². The highest BCUT2D eigenvalue weighted by Gasteiger charge is 2.23. The predicted molar refractivity (Wildman–Crippen MR) is 104 cm³/mol. The van der Waals surface area contributed by atoms with Crippen molar-refractivity contribution >= 4 is 41.0 Å². The Kier molecular flexibility index (Phi) is 6.90. The molecular weight excluding hydrogens is 358 g/mol. The van der Waals surface area contributed by atoms with Crippen molar-refractivity contribution in [1.29, 1.82) is 0 Å². The molecule has 9 nitrogen and oxygen atoms in total. The molecule has 1 amide bonds. The van der Waals surface area contributed by atoms with Crippen molar-refractivity contribution in [2.75, 3.05) is 25.0 Å². The van der Waals surface area contributed by atoms with Crippen molar-refractivity contribution in [3.63, 3.8) is 0 Å². The normalized spacial score (nSPS) is 15.5. The van der Waals surface area contributed by atoms with E-state index in [4.69, 9.17) is 33.5 Å². The molecule has 0 atom stereocenters. The van der Waals surface area contributed by atoms with E-state index in [0.717, 1.165) is 18.5 Å². The van der Waals surface area contributed by atoms with E-state index in [2.05, 4.69) is 15.3 Å². The highest BCUT2D eigenvalue weighted by molar-refractivity contribution is 6.31. The zero-order chi connectivity index (χ0) is 19.1. The third-order valence-corrected chi connectivity index (χ3v) is 4.05. The number of nitrogens with one attached hydrogen (secondary N) is 1. The van der Waals surface area contributed by atoms with Crippen LogP contribution in [0.3, 0.4) is 0 Å². The number of piperidine rings is 1. The van der Waals surface area contributed by atoms with Gasteiger partial charge in [-0.1, -0.05) is 11.6 Å². The molecule has 2 rings (SSSR count). The van der Waals surface area contributed by atoms with Gasteiger partial charge in [-0.05, 0) is 38.0 Å². The Hall–Kier alpha value is -2.68. The van der Waals surface area contributed by atoms with Gasteiger partial charge in [0, 0.05) is 24.2 Å². The SMILES string of the molecule is CCOC(=O)N1CCC(Nc2ccc(Cl)cc2N=C(N)N=C(N)N)CC1. The lowest BCUT2D eigenvalue weighted by atomic mass is 10.0. The second kappa shape index (κ2) is 9.14. The molecule has 26 heavy (non-hydrogen) atoms. The van der Waals surface area contributed by atoms with Crippen LogP contribution in [0.5, 0.6) is 0 Å². The molecule has 0 saturated carbocycles. The van der Waals surface area contributed by atoms with Gasteiger partial charge < -0.3 is 32.2 Å². The van der Waals surface area contributed by atoms with Crippen LogP contribution in [-0.4, -0.2) is 48.7 Å². The molecule has 0 radical (unpaired) electrons. The molecule has 7 N–H and O–H groups in total. The maximum absolute atomic E-state index is 11.8. The van der Waals surface area contributed by atoms with Crippen LogP contribution < -0.4 is 22.5 Å². The fourth-order valence-electron chi connectivity index (χ4n) is 2.64. The molecule has 0 unspecified atom stereocenters. The van der Waals surface area contributed by atoms with E-state index >= 15 is 0 Å². The summed E-state index contributed by atoms with van der Waals surface area (Å²) in [6.45, 7) is 3.42. The quantitative estimate of drug-likeness (QED) is 0.460. The number of nitrogens with zero attached hydrogens (tertiary/aromatic N) is 3. The number of carbonyl (C=O) groups excluding carboxylic acids is 1. The number of carbonyl (C=O) groups is 1. The summed E-state index contributed by atoms with van der Waals surface area (Å²) in [4.78, 5) is 21.4. The summed E-state index contributed by atoms with van der Waals surface area (Å²) in [6, 6.07) is 5.43. The van der Waals surface area contributed by atoms with E-state index in [9.17, 15) is 4.79 Å². The molecule has 1 aromatic carbocycles. The Morgan fingerprint density at radius 1 is 1.35 bits per heavy atom. The first-order chi connectivity index (χ1) is 12.4. The lowest BCUT2D eigenvalue weighted by Gasteiger charge is -2.32. The van der Waals surface area contributed by atoms with Crippen LogP contribution in [0.15, 0.2) is 28.2 Å². The van der Waals surface area contributed by atoms with E-state index in [1.165, 1.54) is 0 Å². The van der Waals surface area contributed by atoms with Gasteiger partial charge in [-0.25, -0.2) is 9.79 Å². The highest BCUT2D eigenvalue weighted by Crippen LogP contribution is 2.30. The summed E-state index contributed by atoms with van der Waals surface area (Å²) in [5.74, 6) is -0.235. The molecule has 10 heteroatoms. The first-order valence-corrected chi connectivity index (χ1v) is 8.68. The fourth-order valence-corrected chi connectivity index (χ4v) is 2.81. The topological polar surface area (TPSA) is 144 Å². The fraction of sp³-hybridized carbons (Fsp3) is 0.438. The van der Waals surface area contributed by atoms with Crippen LogP contribution >= 0.6 is 11.6 Å². The summed E-state index contributed by atoms with van der Waals surface area (Å²) in [5, 5.41) is 3.93. The van der Waals surface area contributed by atoms with Crippen LogP contribution in [0.2, 0.25) is 5.02 Å². The van der Waals surface area contributed by atoms with E-state index < -0.39 is 0 Å². The molecule has 0 bridgehead atoms. The minimum Gasteiger partial charge on any atom is -0.450 e. The molecule has 1 aromatic rings. The maximum Gasteiger partial charge on any atom is 0.409 e. The van der Waals surface area contributed by atoms with E-state index in [1.807, 2.05) is 6.07 Å². The van der Waals surface area contributed by atoms with Gasteiger partial charge in [-0.2, -0.15) is 4.99 Å². The summed E-state index contributed by atoms with van der Waals surface area (Å²) in [7, 11) is 0. The van der Waals surface area contributed by atoms with E-state index in [-0.39, 0.29) is 24.1 Å². The Morgan fingerprint density at radius 2 is 2.04 bits per heavy atom. The van der Waals surface area contributed by atoms with Crippen LogP contribution in [0.25, 0.3) is 0 Å². The standard InChI is InChI=1S/C16H24ClN7O2/c1-2-26-16(25)24-7-5-11(6-8-24)21-12-4-3-10(17)9-13(12)22-15(20)23-14(18)19/h3-4,9,11,21H,2,5-8H2,1H3,(H6,18,19,20,22,23). The van der Waals surface area contributed by atoms with E-state index in [0.29, 0.717) is 30.4 Å². The lowest BCUT2D eigenvalue weighted by molar-refractivity contribution is 0.0983. The molecule has 0 aliphatic carbocycles. The number of guanidine groups is 2. The van der Waals surface area contributed by atoms with Gasteiger partial charge in [-0.3, -0.25) is 0 Å². The number of rotatable bonds is 4. The monoisotopic (exact) mass is 381 g/mol. The van der Waals surface area contributed by atoms with Gasteiger partial charge in [-0.15, -0.1) is 0 Å². The summed E-state index contributed by atoms with van der Waals surface area (Å²) >= 11 is 6.05. The number of nitrogens with two attached hydrogens (primary N) is 3. The number of hydrogen-bond acceptors (Lipinski definition) is 4. The van der Waals surface area contributed by atoms with Crippen molar-refractivity contribution in [3.05, 3.63) is 23.2 Å². The number of amides is 1. The zero-order valence-electron chi connectivity index (χ0n) is 14.6. The first kappa shape index (κ1) is 19.6. The number of benzene rings is 1. The lowest BCUT2D eigenvalue weighted by Crippen LogP contribution is -2.42. The third kappa shape index (κ3) is 5.69. The minimum absolute atomic E-state index is 0.0625. The van der Waals surface area contributed by atoms with Crippen LogP contribution in [-0.2, 0) is 4.74 Å². The van der Waals surface area contributed by atoms with Gasteiger partial charge in [0.2, 0.25) is 5.96 Å². The average molecular weight is 382 g/mol. The van der Waals surface area contributed by atoms with Gasteiger partial charge in [0.25, 0.3) is 0 Å². The molecule has 1 aliphatic heterocycles. The Labute approximate surface area is 157 Å². The molecule has 1 heterocycles. The molecule has 1 aliphatic rings. The maximum atomic E-state index is 11.8. The number of hydrogen-bond donors (Lipinski definition) is 4. The molecule has 0 spiro atoms. The summed E-state index contributed by atoms with van der Waals surface area (Å²) < 4.78 is 5.03. The van der Waals surface area contributed by atoms with E-state index in [1.54, 1.807) is 24.0 Å². The number of halogens is 1. The molecule has 1 fully saturated rings. The van der Waals surface area contributed by atoms with Gasteiger partial charge in [0.05, 0.1) is 18.0 Å². The Balaban J connectivity index is 2.06. The Bertz CT molecular complexity index is 696. The van der Waals surface area contributed by atoms with Gasteiger partial charge in [0.1, 0.15) is 0 Å². The van der Waals surface area contributed by atoms with Crippen molar-refractivity contribution in [3.8, 4) is 0 Å². The van der Waals surface area contributed by atoms with Gasteiger partial charge >= 0.3 is 6.09 Å². The number of likely N-dealkylation sites (tertiary alicyclic amines) is 1. The van der Waals surface area contributed by atoms with Crippen molar-refractivity contribution < 1.29 is 9.53 Å². The average Bonchev–Trinajstić information content (AvgIpc) is 2.57. The van der Waals surface area contributed by atoms with Crippen molar-refractivity contribution in [2.24, 2.45) is 27.2 Å². The molecular formula is C16H24ClN7O2. The van der Waals surface area contributed by atoms with Crippen molar-refractivity contribution in [2.45, 2.75) is 25.8 Å². The van der Waals surface area contributed by atoms with Crippen LogP contribution in [0.1, 0.15) is 19.8 Å². The second-order valence-electron chi connectivity index (χ2n) is 5.77. The summed E-state index contributed by atoms with van der Waals surface area (Å²) in [5.41, 5.74) is 17.6. The molecule has 142 valence electrons. The Morgan fingerprint density at radius 3 is 2.65 bits per heavy atom. The van der Waals surface area contributed by atoms with Crippen LogP contribution in [0.4, 0.5) is 16.2 Å². The summed E-state index contributed by atoms with van der Waals surface area (Å²) in [6.07, 6.45) is 1.30. The zero-order valence-corrected chi connectivity index (χ0v) is 15.4. The molecule has 0 aromatic heterocycles.